The Balaban J connectivity index is 1.30. The van der Waals surface area contributed by atoms with E-state index >= 15 is 0 Å². The number of nitriles is 1. The standard InChI is InChI=1S/C50H26N4O2/c1-52-37-27-30(28-51)47(53-38-19-9-5-17-35(38)45-40(53)25-23-33-31-15-7-11-21-42(31)55-49(33)45)44(29-13-3-2-4-14-29)48(37)54-39-20-10-6-18-36(39)46-41(54)26-24-34-32-16-8-12-22-43(32)56-50(34)46/h2-27H. The minimum Gasteiger partial charge on any atom is -0.455 e. The van der Waals surface area contributed by atoms with Gasteiger partial charge in [-0.3, -0.25) is 0 Å². The van der Waals surface area contributed by atoms with Crippen molar-refractivity contribution in [2.24, 2.45) is 0 Å². The predicted octanol–water partition coefficient (Wildman–Crippen LogP) is 13.8. The van der Waals surface area contributed by atoms with Gasteiger partial charge in [0.25, 0.3) is 0 Å². The molecular weight excluding hydrogens is 689 g/mol. The average molecular weight is 715 g/mol. The van der Waals surface area contributed by atoms with Gasteiger partial charge in [0.1, 0.15) is 28.4 Å². The number of para-hydroxylation sites is 4. The van der Waals surface area contributed by atoms with Crippen LogP contribution in [0.15, 0.2) is 167 Å². The fourth-order valence-corrected chi connectivity index (χ4v) is 9.11. The molecule has 0 aliphatic carbocycles. The van der Waals surface area contributed by atoms with Crippen LogP contribution in [0.5, 0.6) is 0 Å². The summed E-state index contributed by atoms with van der Waals surface area (Å²) in [4.78, 5) is 4.17. The summed E-state index contributed by atoms with van der Waals surface area (Å²) in [7, 11) is 0. The Kier molecular flexibility index (Phi) is 6.10. The van der Waals surface area contributed by atoms with E-state index in [1.807, 2.05) is 78.9 Å². The molecule has 4 heterocycles. The van der Waals surface area contributed by atoms with E-state index in [0.717, 1.165) is 98.6 Å². The summed E-state index contributed by atoms with van der Waals surface area (Å²) in [5.41, 5.74) is 10.7. The molecule has 0 atom stereocenters. The molecule has 0 spiro atoms. The van der Waals surface area contributed by atoms with Crippen molar-refractivity contribution in [3.8, 4) is 28.6 Å². The molecule has 0 saturated heterocycles. The van der Waals surface area contributed by atoms with Gasteiger partial charge in [-0.15, -0.1) is 0 Å². The molecule has 0 N–H and O–H groups in total. The highest BCUT2D eigenvalue weighted by Gasteiger charge is 2.29. The first-order valence-corrected chi connectivity index (χ1v) is 18.4. The molecule has 258 valence electrons. The van der Waals surface area contributed by atoms with E-state index in [-0.39, 0.29) is 0 Å². The lowest BCUT2D eigenvalue weighted by Gasteiger charge is -2.23. The van der Waals surface area contributed by atoms with Gasteiger partial charge in [0.05, 0.1) is 56.3 Å². The Morgan fingerprint density at radius 3 is 1.50 bits per heavy atom. The largest absolute Gasteiger partial charge is 0.455 e. The number of hydrogen-bond donors (Lipinski definition) is 0. The van der Waals surface area contributed by atoms with E-state index in [4.69, 9.17) is 15.4 Å². The summed E-state index contributed by atoms with van der Waals surface area (Å²) >= 11 is 0. The first-order valence-electron chi connectivity index (χ1n) is 18.4. The normalized spacial score (nSPS) is 11.9. The summed E-state index contributed by atoms with van der Waals surface area (Å²) in [5, 5.41) is 19.2. The van der Waals surface area contributed by atoms with E-state index in [1.165, 1.54) is 0 Å². The van der Waals surface area contributed by atoms with Gasteiger partial charge in [0.15, 0.2) is 0 Å². The third kappa shape index (κ3) is 3.92. The summed E-state index contributed by atoms with van der Waals surface area (Å²) < 4.78 is 17.7. The topological polar surface area (TPSA) is 64.3 Å². The maximum absolute atomic E-state index is 11.1. The van der Waals surface area contributed by atoms with Crippen LogP contribution in [0.1, 0.15) is 5.56 Å². The van der Waals surface area contributed by atoms with Crippen molar-refractivity contribution < 1.29 is 8.83 Å². The van der Waals surface area contributed by atoms with Crippen molar-refractivity contribution in [1.29, 1.82) is 5.26 Å². The lowest BCUT2D eigenvalue weighted by molar-refractivity contribution is 0.672. The minimum absolute atomic E-state index is 0.372. The molecule has 0 radical (unpaired) electrons. The van der Waals surface area contributed by atoms with Crippen LogP contribution >= 0.6 is 0 Å². The SMILES string of the molecule is [C-]#[N+]c1cc(C#N)c(-n2c3ccccc3c3c4oc5ccccc5c4ccc32)c(-c2ccccc2)c1-n1c2ccccc2c2c3oc4ccccc4c3ccc21. The fourth-order valence-electron chi connectivity index (χ4n) is 9.11. The van der Waals surface area contributed by atoms with Crippen LogP contribution in [0.2, 0.25) is 0 Å². The van der Waals surface area contributed by atoms with Crippen LogP contribution in [-0.4, -0.2) is 9.13 Å². The zero-order chi connectivity index (χ0) is 37.1. The molecule has 12 rings (SSSR count). The number of furan rings is 2. The predicted molar refractivity (Wildman–Crippen MR) is 226 cm³/mol. The van der Waals surface area contributed by atoms with Crippen molar-refractivity contribution in [3.05, 3.63) is 175 Å². The number of aromatic nitrogens is 2. The summed E-state index contributed by atoms with van der Waals surface area (Å²) in [6.07, 6.45) is 0. The minimum atomic E-state index is 0.372. The Bertz CT molecular complexity index is 3510. The zero-order valence-electron chi connectivity index (χ0n) is 29.6. The van der Waals surface area contributed by atoms with Gasteiger partial charge in [-0.25, -0.2) is 4.85 Å². The molecule has 6 heteroatoms. The molecular formula is C50H26N4O2. The third-order valence-electron chi connectivity index (χ3n) is 11.4. The van der Waals surface area contributed by atoms with Crippen molar-refractivity contribution in [3.63, 3.8) is 0 Å². The van der Waals surface area contributed by atoms with E-state index in [1.54, 1.807) is 6.07 Å². The molecule has 0 unspecified atom stereocenters. The molecule has 6 nitrogen and oxygen atoms in total. The molecule has 56 heavy (non-hydrogen) atoms. The lowest BCUT2D eigenvalue weighted by atomic mass is 9.95. The zero-order valence-corrected chi connectivity index (χ0v) is 29.6. The summed E-state index contributed by atoms with van der Waals surface area (Å²) in [6, 6.07) is 55.8. The van der Waals surface area contributed by atoms with Crippen LogP contribution in [0.3, 0.4) is 0 Å². The average Bonchev–Trinajstić information content (AvgIpc) is 4.00. The maximum Gasteiger partial charge on any atom is 0.212 e. The van der Waals surface area contributed by atoms with E-state index < -0.39 is 0 Å². The highest BCUT2D eigenvalue weighted by atomic mass is 16.3. The molecule has 4 aromatic heterocycles. The van der Waals surface area contributed by atoms with Gasteiger partial charge >= 0.3 is 0 Å². The van der Waals surface area contributed by atoms with Crippen LogP contribution < -0.4 is 0 Å². The van der Waals surface area contributed by atoms with Crippen molar-refractivity contribution >= 4 is 93.2 Å². The number of rotatable bonds is 3. The highest BCUT2D eigenvalue weighted by Crippen LogP contribution is 2.49. The molecule has 8 aromatic carbocycles. The summed E-state index contributed by atoms with van der Waals surface area (Å²) in [5.74, 6) is 0. The molecule has 0 amide bonds. The number of benzene rings is 8. The summed E-state index contributed by atoms with van der Waals surface area (Å²) in [6.45, 7) is 8.65. The Morgan fingerprint density at radius 2 is 0.964 bits per heavy atom. The molecule has 12 aromatic rings. The smallest absolute Gasteiger partial charge is 0.212 e. The lowest BCUT2D eigenvalue weighted by Crippen LogP contribution is -2.06. The Morgan fingerprint density at radius 1 is 0.482 bits per heavy atom. The van der Waals surface area contributed by atoms with Crippen LogP contribution in [-0.2, 0) is 0 Å². The second-order valence-corrected chi connectivity index (χ2v) is 14.2. The monoisotopic (exact) mass is 714 g/mol. The van der Waals surface area contributed by atoms with E-state index in [2.05, 4.69) is 92.8 Å². The number of fused-ring (bicyclic) bond motifs is 14. The van der Waals surface area contributed by atoms with Gasteiger partial charge in [-0.2, -0.15) is 5.26 Å². The van der Waals surface area contributed by atoms with Crippen LogP contribution in [0.4, 0.5) is 5.69 Å². The number of nitrogens with zero attached hydrogens (tertiary/aromatic N) is 4. The third-order valence-corrected chi connectivity index (χ3v) is 11.4. The maximum atomic E-state index is 11.1. The Hall–Kier alpha value is -8.06. The van der Waals surface area contributed by atoms with Gasteiger partial charge in [0, 0.05) is 37.9 Å². The van der Waals surface area contributed by atoms with Crippen molar-refractivity contribution in [1.82, 2.24) is 9.13 Å². The Labute approximate surface area is 318 Å². The fraction of sp³-hybridized carbons (Fsp3) is 0. The second-order valence-electron chi connectivity index (χ2n) is 14.2. The second kappa shape index (κ2) is 11.2. The molecule has 0 aliphatic heterocycles. The first kappa shape index (κ1) is 30.4. The highest BCUT2D eigenvalue weighted by molar-refractivity contribution is 6.26. The van der Waals surface area contributed by atoms with Gasteiger partial charge in [-0.05, 0) is 60.2 Å². The van der Waals surface area contributed by atoms with E-state index in [9.17, 15) is 5.26 Å². The van der Waals surface area contributed by atoms with Crippen molar-refractivity contribution in [2.45, 2.75) is 0 Å². The van der Waals surface area contributed by atoms with Gasteiger partial charge in [-0.1, -0.05) is 103 Å². The first-order chi connectivity index (χ1) is 27.7. The van der Waals surface area contributed by atoms with Gasteiger partial charge in [0.2, 0.25) is 5.69 Å². The molecule has 0 fully saturated rings. The molecule has 0 aliphatic rings. The van der Waals surface area contributed by atoms with Crippen LogP contribution in [0, 0.1) is 17.9 Å². The number of hydrogen-bond acceptors (Lipinski definition) is 3. The molecule has 0 saturated carbocycles. The van der Waals surface area contributed by atoms with Crippen LogP contribution in [0.25, 0.3) is 115 Å². The molecule has 0 bridgehead atoms. The quantitative estimate of drug-likeness (QED) is 0.171. The van der Waals surface area contributed by atoms with Gasteiger partial charge < -0.3 is 18.0 Å². The van der Waals surface area contributed by atoms with E-state index in [0.29, 0.717) is 22.6 Å². The van der Waals surface area contributed by atoms with Crippen molar-refractivity contribution in [2.75, 3.05) is 0 Å².